The van der Waals surface area contributed by atoms with E-state index in [1.54, 1.807) is 0 Å². The lowest BCUT2D eigenvalue weighted by Crippen LogP contribution is -2.32. The van der Waals surface area contributed by atoms with E-state index in [0.29, 0.717) is 12.3 Å². The molecule has 0 radical (unpaired) electrons. The van der Waals surface area contributed by atoms with Gasteiger partial charge in [-0.05, 0) is 30.0 Å². The molecule has 0 unspecified atom stereocenters. The van der Waals surface area contributed by atoms with E-state index < -0.39 is 0 Å². The number of amides is 1. The lowest BCUT2D eigenvalue weighted by molar-refractivity contribution is -0.122. The van der Waals surface area contributed by atoms with Crippen molar-refractivity contribution in [3.63, 3.8) is 0 Å². The number of hydrogen-bond donors (Lipinski definition) is 1. The van der Waals surface area contributed by atoms with Crippen molar-refractivity contribution in [1.29, 1.82) is 0 Å². The average molecular weight is 210 g/mol. The van der Waals surface area contributed by atoms with Gasteiger partial charge < -0.3 is 5.32 Å². The number of carbonyl (C=O) groups excluding carboxylic acids is 1. The van der Waals surface area contributed by atoms with Crippen LogP contribution in [-0.4, -0.2) is 12.5 Å². The zero-order valence-corrected chi connectivity index (χ0v) is 8.55. The molecule has 1 aliphatic heterocycles. The van der Waals surface area contributed by atoms with Crippen LogP contribution in [0.5, 0.6) is 0 Å². The minimum atomic E-state index is 0.140. The summed E-state index contributed by atoms with van der Waals surface area (Å²) in [4.78, 5) is 11.2. The van der Waals surface area contributed by atoms with Crippen molar-refractivity contribution >= 4 is 17.5 Å². The standard InChI is InChI=1S/C11H12ClNO/c12-10-3-1-2-8(6-10)9-4-5-13-11(14)7-9/h1-3,6,9H,4-5,7H2,(H,13,14)/t9-/m0/s1. The first-order valence-electron chi connectivity index (χ1n) is 4.78. The highest BCUT2D eigenvalue weighted by molar-refractivity contribution is 6.30. The van der Waals surface area contributed by atoms with Gasteiger partial charge in [-0.2, -0.15) is 0 Å². The molecule has 1 saturated heterocycles. The van der Waals surface area contributed by atoms with Gasteiger partial charge in [0.15, 0.2) is 0 Å². The SMILES string of the molecule is O=C1C[C@@H](c2cccc(Cl)c2)CCN1. The highest BCUT2D eigenvalue weighted by Crippen LogP contribution is 2.27. The molecule has 2 nitrogen and oxygen atoms in total. The minimum Gasteiger partial charge on any atom is -0.356 e. The van der Waals surface area contributed by atoms with Gasteiger partial charge in [-0.25, -0.2) is 0 Å². The molecule has 1 heterocycles. The predicted molar refractivity (Wildman–Crippen MR) is 56.4 cm³/mol. The average Bonchev–Trinajstić information content (AvgIpc) is 2.18. The van der Waals surface area contributed by atoms with Gasteiger partial charge in [0.05, 0.1) is 0 Å². The van der Waals surface area contributed by atoms with E-state index >= 15 is 0 Å². The summed E-state index contributed by atoms with van der Waals surface area (Å²) in [6, 6.07) is 7.78. The van der Waals surface area contributed by atoms with Crippen LogP contribution in [0.15, 0.2) is 24.3 Å². The van der Waals surface area contributed by atoms with Crippen LogP contribution in [0.2, 0.25) is 5.02 Å². The zero-order valence-electron chi connectivity index (χ0n) is 7.79. The molecule has 14 heavy (non-hydrogen) atoms. The van der Waals surface area contributed by atoms with E-state index in [4.69, 9.17) is 11.6 Å². The highest BCUT2D eigenvalue weighted by atomic mass is 35.5. The second-order valence-corrected chi connectivity index (χ2v) is 4.03. The molecule has 2 rings (SSSR count). The van der Waals surface area contributed by atoms with E-state index in [-0.39, 0.29) is 5.91 Å². The van der Waals surface area contributed by atoms with E-state index in [9.17, 15) is 4.79 Å². The summed E-state index contributed by atoms with van der Waals surface area (Å²) in [5.41, 5.74) is 1.17. The molecule has 0 bridgehead atoms. The van der Waals surface area contributed by atoms with Crippen LogP contribution in [0.3, 0.4) is 0 Å². The van der Waals surface area contributed by atoms with Crippen LogP contribution in [0.4, 0.5) is 0 Å². The smallest absolute Gasteiger partial charge is 0.220 e. The molecule has 1 aromatic rings. The monoisotopic (exact) mass is 209 g/mol. The number of hydrogen-bond acceptors (Lipinski definition) is 1. The maximum absolute atomic E-state index is 11.2. The number of nitrogens with one attached hydrogen (secondary N) is 1. The third kappa shape index (κ3) is 2.07. The van der Waals surface area contributed by atoms with Crippen molar-refractivity contribution in [3.05, 3.63) is 34.9 Å². The zero-order chi connectivity index (χ0) is 9.97. The van der Waals surface area contributed by atoms with Gasteiger partial charge in [-0.15, -0.1) is 0 Å². The number of piperidine rings is 1. The van der Waals surface area contributed by atoms with Crippen molar-refractivity contribution in [3.8, 4) is 0 Å². The molecule has 1 N–H and O–H groups in total. The molecule has 1 atom stereocenters. The maximum Gasteiger partial charge on any atom is 0.220 e. The Labute approximate surface area is 88.3 Å². The Balaban J connectivity index is 2.17. The van der Waals surface area contributed by atoms with Crippen LogP contribution < -0.4 is 5.32 Å². The third-order valence-electron chi connectivity index (χ3n) is 2.57. The molecule has 3 heteroatoms. The quantitative estimate of drug-likeness (QED) is 0.756. The topological polar surface area (TPSA) is 29.1 Å². The van der Waals surface area contributed by atoms with Gasteiger partial charge in [-0.1, -0.05) is 23.7 Å². The first-order chi connectivity index (χ1) is 6.75. The fourth-order valence-electron chi connectivity index (χ4n) is 1.83. The van der Waals surface area contributed by atoms with Gasteiger partial charge >= 0.3 is 0 Å². The van der Waals surface area contributed by atoms with E-state index in [1.165, 1.54) is 5.56 Å². The van der Waals surface area contributed by atoms with Crippen LogP contribution in [0.1, 0.15) is 24.3 Å². The van der Waals surface area contributed by atoms with Crippen LogP contribution >= 0.6 is 11.6 Å². The molecular weight excluding hydrogens is 198 g/mol. The third-order valence-corrected chi connectivity index (χ3v) is 2.80. The first-order valence-corrected chi connectivity index (χ1v) is 5.15. The Morgan fingerprint density at radius 3 is 3.00 bits per heavy atom. The number of carbonyl (C=O) groups is 1. The molecule has 1 fully saturated rings. The van der Waals surface area contributed by atoms with Gasteiger partial charge in [0, 0.05) is 18.0 Å². The molecule has 0 aromatic heterocycles. The van der Waals surface area contributed by atoms with Crippen molar-refractivity contribution in [2.45, 2.75) is 18.8 Å². The van der Waals surface area contributed by atoms with E-state index in [1.807, 2.05) is 24.3 Å². The summed E-state index contributed by atoms with van der Waals surface area (Å²) < 4.78 is 0. The molecule has 0 spiro atoms. The van der Waals surface area contributed by atoms with Crippen molar-refractivity contribution < 1.29 is 4.79 Å². The van der Waals surface area contributed by atoms with Crippen LogP contribution in [0.25, 0.3) is 0 Å². The van der Waals surface area contributed by atoms with Crippen LogP contribution in [0, 0.1) is 0 Å². The molecular formula is C11H12ClNO. The van der Waals surface area contributed by atoms with Crippen molar-refractivity contribution in [2.24, 2.45) is 0 Å². The van der Waals surface area contributed by atoms with Crippen LogP contribution in [-0.2, 0) is 4.79 Å². The Kier molecular flexibility index (Phi) is 2.73. The lowest BCUT2D eigenvalue weighted by atomic mass is 9.90. The molecule has 0 aliphatic carbocycles. The number of rotatable bonds is 1. The molecule has 0 saturated carbocycles. The fraction of sp³-hybridized carbons (Fsp3) is 0.364. The summed E-state index contributed by atoms with van der Waals surface area (Å²) in [6.07, 6.45) is 1.59. The van der Waals surface area contributed by atoms with Gasteiger partial charge in [0.1, 0.15) is 0 Å². The molecule has 1 amide bonds. The molecule has 1 aromatic carbocycles. The maximum atomic E-state index is 11.2. The summed E-state index contributed by atoms with van der Waals surface area (Å²) >= 11 is 5.90. The number of halogens is 1. The van der Waals surface area contributed by atoms with Gasteiger partial charge in [0.2, 0.25) is 5.91 Å². The Bertz CT molecular complexity index is 351. The highest BCUT2D eigenvalue weighted by Gasteiger charge is 2.20. The summed E-state index contributed by atoms with van der Waals surface area (Å²) in [7, 11) is 0. The fourth-order valence-corrected chi connectivity index (χ4v) is 2.03. The second-order valence-electron chi connectivity index (χ2n) is 3.59. The first kappa shape index (κ1) is 9.53. The second kappa shape index (κ2) is 4.01. The normalized spacial score (nSPS) is 21.8. The van der Waals surface area contributed by atoms with E-state index in [0.717, 1.165) is 18.0 Å². The number of benzene rings is 1. The summed E-state index contributed by atoms with van der Waals surface area (Å²) in [6.45, 7) is 0.774. The summed E-state index contributed by atoms with van der Waals surface area (Å²) in [5.74, 6) is 0.476. The lowest BCUT2D eigenvalue weighted by Gasteiger charge is -2.22. The molecule has 1 aliphatic rings. The predicted octanol–water partition coefficient (Wildman–Crippen LogP) is 2.33. The Morgan fingerprint density at radius 1 is 1.43 bits per heavy atom. The minimum absolute atomic E-state index is 0.140. The Hall–Kier alpha value is -1.02. The van der Waals surface area contributed by atoms with E-state index in [2.05, 4.69) is 5.32 Å². The Morgan fingerprint density at radius 2 is 2.29 bits per heavy atom. The van der Waals surface area contributed by atoms with Gasteiger partial charge in [0.25, 0.3) is 0 Å². The molecule has 74 valence electrons. The van der Waals surface area contributed by atoms with Gasteiger partial charge in [-0.3, -0.25) is 4.79 Å². The summed E-state index contributed by atoms with van der Waals surface area (Å²) in [5, 5.41) is 3.57. The van der Waals surface area contributed by atoms with Crippen molar-refractivity contribution in [1.82, 2.24) is 5.32 Å². The van der Waals surface area contributed by atoms with Crippen molar-refractivity contribution in [2.75, 3.05) is 6.54 Å². The largest absolute Gasteiger partial charge is 0.356 e.